The van der Waals surface area contributed by atoms with Gasteiger partial charge < -0.3 is 14.3 Å². The predicted octanol–water partition coefficient (Wildman–Crippen LogP) is 3.52. The van der Waals surface area contributed by atoms with Gasteiger partial charge in [0.05, 0.1) is 33.8 Å². The van der Waals surface area contributed by atoms with E-state index in [4.69, 9.17) is 4.74 Å². The molecule has 0 radical (unpaired) electrons. The second kappa shape index (κ2) is 7.79. The Morgan fingerprint density at radius 3 is 2.67 bits per heavy atom. The van der Waals surface area contributed by atoms with E-state index in [1.54, 1.807) is 26.1 Å². The molecule has 6 rings (SSSR count). The minimum atomic E-state index is -0.552. The number of para-hydroxylation sites is 1. The molecule has 5 aromatic rings. The number of nitrogens with one attached hydrogen (secondary N) is 1. The van der Waals surface area contributed by atoms with Crippen molar-refractivity contribution in [1.29, 1.82) is 0 Å². The number of hydrogen-bond acceptors (Lipinski definition) is 5. The van der Waals surface area contributed by atoms with Gasteiger partial charge in [-0.3, -0.25) is 24.0 Å². The smallest absolute Gasteiger partial charge is 0.331 e. The van der Waals surface area contributed by atoms with Crippen LogP contribution in [0.15, 0.2) is 58.3 Å². The molecule has 1 atom stereocenters. The highest BCUT2D eigenvalue weighted by Gasteiger charge is 2.34. The highest BCUT2D eigenvalue weighted by atomic mass is 16.6. The standard InChI is InChI=1S/C26H23N5O5/c1-14-8-9-15(12-19(14)31(34)35)21-20-22(28(2)26(33)29(3)25(20)32)23-24(36-11-10-30(21)23)17-13-27-18-7-5-4-6-16(17)18/h4-9,12-13,24,27H,10-11H2,1-3H3. The number of aryl methyl sites for hydroxylation is 2. The van der Waals surface area contributed by atoms with E-state index in [1.807, 2.05) is 35.0 Å². The molecule has 1 aliphatic rings. The van der Waals surface area contributed by atoms with Crippen LogP contribution in [-0.2, 0) is 25.4 Å². The van der Waals surface area contributed by atoms with E-state index in [0.29, 0.717) is 46.6 Å². The molecule has 1 unspecified atom stereocenters. The Kier molecular flexibility index (Phi) is 4.77. The average molecular weight is 486 g/mol. The van der Waals surface area contributed by atoms with Crippen LogP contribution in [0.3, 0.4) is 0 Å². The molecule has 2 aromatic carbocycles. The van der Waals surface area contributed by atoms with Gasteiger partial charge in [0.15, 0.2) is 0 Å². The molecule has 0 saturated carbocycles. The minimum absolute atomic E-state index is 0.0296. The second-order valence-corrected chi connectivity index (χ2v) is 9.11. The van der Waals surface area contributed by atoms with Crippen LogP contribution in [0.1, 0.15) is 22.9 Å². The molecule has 4 heterocycles. The van der Waals surface area contributed by atoms with Crippen molar-refractivity contribution in [2.24, 2.45) is 14.1 Å². The number of nitrogens with zero attached hydrogens (tertiary/aromatic N) is 4. The Balaban J connectivity index is 1.76. The molecule has 0 bridgehead atoms. The number of aromatic nitrogens is 4. The van der Waals surface area contributed by atoms with Gasteiger partial charge in [-0.25, -0.2) is 4.79 Å². The Labute approximate surface area is 204 Å². The highest BCUT2D eigenvalue weighted by Crippen LogP contribution is 2.42. The van der Waals surface area contributed by atoms with Crippen LogP contribution in [0, 0.1) is 17.0 Å². The molecule has 0 spiro atoms. The normalized spacial score (nSPS) is 15.5. The lowest BCUT2D eigenvalue weighted by Gasteiger charge is -2.27. The summed E-state index contributed by atoms with van der Waals surface area (Å²) in [7, 11) is 3.07. The summed E-state index contributed by atoms with van der Waals surface area (Å²) in [6.07, 6.45) is 1.34. The third kappa shape index (κ3) is 2.94. The van der Waals surface area contributed by atoms with Crippen molar-refractivity contribution < 1.29 is 9.66 Å². The first kappa shape index (κ1) is 22.1. The maximum atomic E-state index is 13.6. The van der Waals surface area contributed by atoms with Crippen molar-refractivity contribution >= 4 is 27.5 Å². The Bertz CT molecular complexity index is 1840. The summed E-state index contributed by atoms with van der Waals surface area (Å²) < 4.78 is 10.8. The molecular formula is C26H23N5O5. The molecule has 3 aromatic heterocycles. The lowest BCUT2D eigenvalue weighted by molar-refractivity contribution is -0.385. The van der Waals surface area contributed by atoms with Gasteiger partial charge in [0.2, 0.25) is 0 Å². The number of benzene rings is 2. The number of nitro groups is 1. The average Bonchev–Trinajstić information content (AvgIpc) is 3.46. The van der Waals surface area contributed by atoms with Gasteiger partial charge in [0.25, 0.3) is 11.2 Å². The maximum absolute atomic E-state index is 13.6. The van der Waals surface area contributed by atoms with Crippen LogP contribution in [-0.4, -0.2) is 30.2 Å². The zero-order chi connectivity index (χ0) is 25.3. The molecule has 10 heteroatoms. The zero-order valence-corrected chi connectivity index (χ0v) is 19.9. The van der Waals surface area contributed by atoms with E-state index in [9.17, 15) is 19.7 Å². The van der Waals surface area contributed by atoms with Crippen molar-refractivity contribution in [2.75, 3.05) is 6.61 Å². The van der Waals surface area contributed by atoms with Crippen LogP contribution >= 0.6 is 0 Å². The number of aromatic amines is 1. The van der Waals surface area contributed by atoms with Crippen molar-refractivity contribution in [3.8, 4) is 11.3 Å². The summed E-state index contributed by atoms with van der Waals surface area (Å²) in [5.41, 5.74) is 3.66. The van der Waals surface area contributed by atoms with E-state index in [0.717, 1.165) is 21.0 Å². The van der Waals surface area contributed by atoms with Gasteiger partial charge in [0.1, 0.15) is 6.10 Å². The molecule has 0 fully saturated rings. The third-order valence-electron chi connectivity index (χ3n) is 7.14. The van der Waals surface area contributed by atoms with Gasteiger partial charge in [-0.15, -0.1) is 0 Å². The van der Waals surface area contributed by atoms with E-state index in [1.165, 1.54) is 17.7 Å². The van der Waals surface area contributed by atoms with Crippen LogP contribution in [0.25, 0.3) is 33.1 Å². The van der Waals surface area contributed by atoms with Crippen molar-refractivity contribution in [1.82, 2.24) is 18.7 Å². The quantitative estimate of drug-likeness (QED) is 0.310. The van der Waals surface area contributed by atoms with Gasteiger partial charge in [0, 0.05) is 60.5 Å². The van der Waals surface area contributed by atoms with Crippen LogP contribution in [0.5, 0.6) is 0 Å². The SMILES string of the molecule is Cc1ccc(-c2c3c(=O)n(C)c(=O)n(C)c3c3n2CCOC3c2c[nH]c3ccccc23)cc1[N+](=O)[O-]. The first-order chi connectivity index (χ1) is 17.3. The predicted molar refractivity (Wildman–Crippen MR) is 135 cm³/mol. The van der Waals surface area contributed by atoms with Gasteiger partial charge in [-0.2, -0.15) is 0 Å². The van der Waals surface area contributed by atoms with Gasteiger partial charge in [-0.05, 0) is 13.0 Å². The number of hydrogen-bond donors (Lipinski definition) is 1. The number of H-pyrrole nitrogens is 1. The molecule has 10 nitrogen and oxygen atoms in total. The molecule has 1 aliphatic heterocycles. The molecule has 0 saturated heterocycles. The number of rotatable bonds is 3. The molecular weight excluding hydrogens is 462 g/mol. The summed E-state index contributed by atoms with van der Waals surface area (Å²) in [6.45, 7) is 2.47. The van der Waals surface area contributed by atoms with E-state index in [2.05, 4.69) is 4.98 Å². The monoisotopic (exact) mass is 485 g/mol. The van der Waals surface area contributed by atoms with E-state index >= 15 is 0 Å². The first-order valence-electron chi connectivity index (χ1n) is 11.5. The summed E-state index contributed by atoms with van der Waals surface area (Å²) in [5, 5.41) is 13.0. The molecule has 1 N–H and O–H groups in total. The van der Waals surface area contributed by atoms with E-state index in [-0.39, 0.29) is 5.69 Å². The van der Waals surface area contributed by atoms with Gasteiger partial charge >= 0.3 is 5.69 Å². The van der Waals surface area contributed by atoms with Crippen LogP contribution in [0.2, 0.25) is 0 Å². The highest BCUT2D eigenvalue weighted by molar-refractivity contribution is 5.97. The Morgan fingerprint density at radius 1 is 1.11 bits per heavy atom. The van der Waals surface area contributed by atoms with Crippen molar-refractivity contribution in [3.63, 3.8) is 0 Å². The lowest BCUT2D eigenvalue weighted by atomic mass is 10.0. The fraction of sp³-hybridized carbons (Fsp3) is 0.231. The van der Waals surface area contributed by atoms with Crippen molar-refractivity contribution in [3.05, 3.63) is 96.4 Å². The Morgan fingerprint density at radius 2 is 1.89 bits per heavy atom. The lowest BCUT2D eigenvalue weighted by Crippen LogP contribution is -2.37. The topological polar surface area (TPSA) is 117 Å². The Hall–Kier alpha value is -4.44. The summed E-state index contributed by atoms with van der Waals surface area (Å²) in [5.74, 6) is 0. The summed E-state index contributed by atoms with van der Waals surface area (Å²) in [4.78, 5) is 41.1. The maximum Gasteiger partial charge on any atom is 0.331 e. The van der Waals surface area contributed by atoms with Crippen LogP contribution in [0.4, 0.5) is 5.69 Å². The van der Waals surface area contributed by atoms with Gasteiger partial charge in [-0.1, -0.05) is 30.3 Å². The second-order valence-electron chi connectivity index (χ2n) is 9.11. The molecule has 0 aliphatic carbocycles. The summed E-state index contributed by atoms with van der Waals surface area (Å²) >= 11 is 0. The van der Waals surface area contributed by atoms with E-state index < -0.39 is 22.3 Å². The third-order valence-corrected chi connectivity index (χ3v) is 7.14. The number of fused-ring (bicyclic) bond motifs is 4. The summed E-state index contributed by atoms with van der Waals surface area (Å²) in [6, 6.07) is 12.8. The molecule has 182 valence electrons. The van der Waals surface area contributed by atoms with Crippen molar-refractivity contribution in [2.45, 2.75) is 19.6 Å². The molecule has 0 amide bonds. The van der Waals surface area contributed by atoms with Crippen LogP contribution < -0.4 is 11.2 Å². The minimum Gasteiger partial charge on any atom is -0.365 e. The first-order valence-corrected chi connectivity index (χ1v) is 11.5. The molecule has 36 heavy (non-hydrogen) atoms. The zero-order valence-electron chi connectivity index (χ0n) is 19.9. The number of nitro benzene ring substituents is 1. The number of ether oxygens (including phenoxy) is 1. The fourth-order valence-electron chi connectivity index (χ4n) is 5.38. The fourth-order valence-corrected chi connectivity index (χ4v) is 5.38. The largest absolute Gasteiger partial charge is 0.365 e.